The molecule has 5 nitrogen and oxygen atoms in total. The number of carbonyl (C=O) groups is 1. The molecule has 0 unspecified atom stereocenters. The van der Waals surface area contributed by atoms with E-state index >= 15 is 0 Å². The van der Waals surface area contributed by atoms with E-state index < -0.39 is 0 Å². The smallest absolute Gasteiger partial charge is 0.230 e. The zero-order chi connectivity index (χ0) is 20.4. The summed E-state index contributed by atoms with van der Waals surface area (Å²) in [7, 11) is 0. The number of nitrogens with zero attached hydrogens (tertiary/aromatic N) is 4. The third-order valence-corrected chi connectivity index (χ3v) is 6.85. The van der Waals surface area contributed by atoms with Crippen LogP contribution >= 0.6 is 11.3 Å². The van der Waals surface area contributed by atoms with Gasteiger partial charge < -0.3 is 9.80 Å². The minimum atomic E-state index is 0.0223. The zero-order valence-electron chi connectivity index (χ0n) is 17.0. The molecule has 1 aromatic carbocycles. The maximum atomic E-state index is 13.2. The number of rotatable bonds is 5. The Bertz CT molecular complexity index is 1020. The molecule has 3 aromatic rings. The Morgan fingerprint density at radius 2 is 1.97 bits per heavy atom. The third-order valence-electron chi connectivity index (χ3n) is 5.73. The van der Waals surface area contributed by atoms with E-state index in [9.17, 15) is 4.79 Å². The molecule has 0 bridgehead atoms. The van der Waals surface area contributed by atoms with Crippen LogP contribution in [0.5, 0.6) is 0 Å². The molecular formula is C23H26N4OS. The summed E-state index contributed by atoms with van der Waals surface area (Å²) in [6.07, 6.45) is 5.10. The number of aromatic nitrogens is 2. The predicted molar refractivity (Wildman–Crippen MR) is 121 cm³/mol. The van der Waals surface area contributed by atoms with Gasteiger partial charge in [0.1, 0.15) is 17.0 Å². The number of hydrogen-bond donors (Lipinski definition) is 0. The average molecular weight is 407 g/mol. The minimum Gasteiger partial charge on any atom is -0.356 e. The Balaban J connectivity index is 1.51. The van der Waals surface area contributed by atoms with Crippen molar-refractivity contribution < 1.29 is 4.79 Å². The maximum absolute atomic E-state index is 13.2. The Kier molecular flexibility index (Phi) is 5.62. The van der Waals surface area contributed by atoms with Crippen LogP contribution in [0.25, 0.3) is 10.2 Å². The van der Waals surface area contributed by atoms with Gasteiger partial charge in [0.25, 0.3) is 0 Å². The number of aryl methyl sites for hydroxylation is 2. The van der Waals surface area contributed by atoms with Crippen molar-refractivity contribution in [2.75, 3.05) is 29.4 Å². The van der Waals surface area contributed by atoms with E-state index in [1.807, 2.05) is 35.2 Å². The van der Waals surface area contributed by atoms with E-state index in [1.54, 1.807) is 23.7 Å². The van der Waals surface area contributed by atoms with Crippen molar-refractivity contribution in [1.82, 2.24) is 9.97 Å². The van der Waals surface area contributed by atoms with E-state index in [0.29, 0.717) is 6.54 Å². The van der Waals surface area contributed by atoms with Crippen LogP contribution in [-0.4, -0.2) is 35.5 Å². The van der Waals surface area contributed by atoms with Crippen LogP contribution in [0.2, 0.25) is 0 Å². The second-order valence-corrected chi connectivity index (χ2v) is 8.70. The van der Waals surface area contributed by atoms with Gasteiger partial charge in [-0.15, -0.1) is 17.9 Å². The molecule has 1 aliphatic rings. The van der Waals surface area contributed by atoms with Gasteiger partial charge in [-0.3, -0.25) is 4.79 Å². The van der Waals surface area contributed by atoms with Gasteiger partial charge in [0, 0.05) is 36.1 Å². The molecule has 0 spiro atoms. The molecule has 4 rings (SSSR count). The first-order valence-electron chi connectivity index (χ1n) is 10.0. The summed E-state index contributed by atoms with van der Waals surface area (Å²) < 4.78 is 0. The number of anilines is 2. The molecule has 150 valence electrons. The average Bonchev–Trinajstić information content (AvgIpc) is 3.06. The van der Waals surface area contributed by atoms with Crippen molar-refractivity contribution in [3.63, 3.8) is 0 Å². The second-order valence-electron chi connectivity index (χ2n) is 7.50. The summed E-state index contributed by atoms with van der Waals surface area (Å²) in [6.45, 7) is 10.3. The van der Waals surface area contributed by atoms with Crippen molar-refractivity contribution in [2.45, 2.75) is 26.7 Å². The third kappa shape index (κ3) is 3.77. The molecule has 0 radical (unpaired) electrons. The van der Waals surface area contributed by atoms with Gasteiger partial charge in [-0.1, -0.05) is 24.3 Å². The normalized spacial score (nSPS) is 14.9. The summed E-state index contributed by atoms with van der Waals surface area (Å²) in [5, 5.41) is 1.16. The molecule has 0 aliphatic carbocycles. The highest BCUT2D eigenvalue weighted by atomic mass is 32.1. The van der Waals surface area contributed by atoms with E-state index in [-0.39, 0.29) is 11.8 Å². The van der Waals surface area contributed by atoms with Gasteiger partial charge in [0.2, 0.25) is 5.91 Å². The van der Waals surface area contributed by atoms with Crippen molar-refractivity contribution in [2.24, 2.45) is 5.92 Å². The van der Waals surface area contributed by atoms with Crippen LogP contribution in [-0.2, 0) is 4.79 Å². The lowest BCUT2D eigenvalue weighted by Gasteiger charge is -2.35. The Morgan fingerprint density at radius 3 is 2.66 bits per heavy atom. The number of benzene rings is 1. The Morgan fingerprint density at radius 1 is 1.24 bits per heavy atom. The molecule has 6 heteroatoms. The van der Waals surface area contributed by atoms with Crippen molar-refractivity contribution in [3.05, 3.63) is 59.8 Å². The van der Waals surface area contributed by atoms with Gasteiger partial charge in [0.15, 0.2) is 0 Å². The van der Waals surface area contributed by atoms with E-state index in [4.69, 9.17) is 0 Å². The van der Waals surface area contributed by atoms with Crippen LogP contribution in [0.1, 0.15) is 23.3 Å². The van der Waals surface area contributed by atoms with Crippen LogP contribution in [0.15, 0.2) is 49.3 Å². The van der Waals surface area contributed by atoms with Crippen molar-refractivity contribution in [3.8, 4) is 0 Å². The summed E-state index contributed by atoms with van der Waals surface area (Å²) in [5.74, 6) is 1.22. The summed E-state index contributed by atoms with van der Waals surface area (Å²) in [5.41, 5.74) is 2.20. The quantitative estimate of drug-likeness (QED) is 0.574. The molecule has 1 aliphatic heterocycles. The molecule has 1 saturated heterocycles. The topological polar surface area (TPSA) is 49.3 Å². The molecule has 0 saturated carbocycles. The van der Waals surface area contributed by atoms with Crippen LogP contribution < -0.4 is 9.80 Å². The van der Waals surface area contributed by atoms with Crippen LogP contribution in [0, 0.1) is 19.8 Å². The molecular weight excluding hydrogens is 380 g/mol. The fourth-order valence-corrected chi connectivity index (χ4v) is 5.01. The lowest BCUT2D eigenvalue weighted by atomic mass is 9.94. The standard InChI is InChI=1S/C23H26N4OS/c1-4-12-27(19-8-6-5-7-9-19)23(28)18-10-13-26(14-11-18)21-20-16(2)17(3)29-22(20)25-15-24-21/h4-9,15,18H,1,10-14H2,2-3H3. The largest absolute Gasteiger partial charge is 0.356 e. The maximum Gasteiger partial charge on any atom is 0.230 e. The van der Waals surface area contributed by atoms with Gasteiger partial charge in [-0.25, -0.2) is 9.97 Å². The van der Waals surface area contributed by atoms with E-state index in [1.165, 1.54) is 10.4 Å². The van der Waals surface area contributed by atoms with E-state index in [0.717, 1.165) is 47.7 Å². The highest BCUT2D eigenvalue weighted by Crippen LogP contribution is 2.36. The highest BCUT2D eigenvalue weighted by Gasteiger charge is 2.30. The SMILES string of the molecule is C=CCN(C(=O)C1CCN(c2ncnc3sc(C)c(C)c23)CC1)c1ccccc1. The molecule has 1 amide bonds. The molecule has 0 atom stereocenters. The predicted octanol–water partition coefficient (Wildman–Crippen LogP) is 4.74. The summed E-state index contributed by atoms with van der Waals surface area (Å²) in [4.78, 5) is 28.8. The molecule has 0 N–H and O–H groups in total. The Labute approximate surface area is 175 Å². The van der Waals surface area contributed by atoms with Crippen molar-refractivity contribution >= 4 is 39.0 Å². The van der Waals surface area contributed by atoms with Gasteiger partial charge in [-0.05, 0) is 44.4 Å². The molecule has 1 fully saturated rings. The highest BCUT2D eigenvalue weighted by molar-refractivity contribution is 7.18. The van der Waals surface area contributed by atoms with Gasteiger partial charge in [0.05, 0.1) is 5.39 Å². The van der Waals surface area contributed by atoms with E-state index in [2.05, 4.69) is 35.3 Å². The van der Waals surface area contributed by atoms with Gasteiger partial charge in [-0.2, -0.15) is 0 Å². The fourth-order valence-electron chi connectivity index (χ4n) is 4.02. The Hall–Kier alpha value is -2.73. The molecule has 3 heterocycles. The second kappa shape index (κ2) is 8.33. The van der Waals surface area contributed by atoms with Crippen LogP contribution in [0.4, 0.5) is 11.5 Å². The summed E-state index contributed by atoms with van der Waals surface area (Å²) in [6, 6.07) is 9.86. The molecule has 29 heavy (non-hydrogen) atoms. The first kappa shape index (κ1) is 19.6. The number of fused-ring (bicyclic) bond motifs is 1. The number of carbonyl (C=O) groups excluding carboxylic acids is 1. The number of amides is 1. The van der Waals surface area contributed by atoms with Crippen LogP contribution in [0.3, 0.4) is 0 Å². The number of hydrogen-bond acceptors (Lipinski definition) is 5. The number of thiophene rings is 1. The zero-order valence-corrected chi connectivity index (χ0v) is 17.8. The first-order chi connectivity index (χ1) is 14.1. The number of para-hydroxylation sites is 1. The monoisotopic (exact) mass is 406 g/mol. The lowest BCUT2D eigenvalue weighted by molar-refractivity contribution is -0.122. The lowest BCUT2D eigenvalue weighted by Crippen LogP contribution is -2.43. The summed E-state index contributed by atoms with van der Waals surface area (Å²) >= 11 is 1.72. The molecule has 2 aromatic heterocycles. The number of piperidine rings is 1. The fraction of sp³-hybridized carbons (Fsp3) is 0.348. The van der Waals surface area contributed by atoms with Crippen molar-refractivity contribution in [1.29, 1.82) is 0 Å². The minimum absolute atomic E-state index is 0.0223. The first-order valence-corrected chi connectivity index (χ1v) is 10.8. The van der Waals surface area contributed by atoms with Gasteiger partial charge >= 0.3 is 0 Å².